The van der Waals surface area contributed by atoms with Crippen molar-refractivity contribution in [2.24, 2.45) is 11.7 Å². The lowest BCUT2D eigenvalue weighted by molar-refractivity contribution is -0.133. The fourth-order valence-electron chi connectivity index (χ4n) is 1.79. The summed E-state index contributed by atoms with van der Waals surface area (Å²) in [5.74, 6) is 0.382. The summed E-state index contributed by atoms with van der Waals surface area (Å²) >= 11 is 0. The fourth-order valence-corrected chi connectivity index (χ4v) is 1.79. The minimum absolute atomic E-state index is 0.141. The standard InChI is InChI=1S/C11H22N2O/c1-9(2)10(12)11(14)13-7-5-3-4-6-8-13/h9-10H,3-8,12H2,1-2H3. The first-order chi connectivity index (χ1) is 6.63. The highest BCUT2D eigenvalue weighted by Crippen LogP contribution is 2.12. The van der Waals surface area contributed by atoms with Gasteiger partial charge in [0.25, 0.3) is 0 Å². The molecule has 1 atom stereocenters. The number of hydrogen-bond donors (Lipinski definition) is 1. The Morgan fingerprint density at radius 1 is 1.14 bits per heavy atom. The van der Waals surface area contributed by atoms with E-state index in [1.54, 1.807) is 0 Å². The monoisotopic (exact) mass is 198 g/mol. The van der Waals surface area contributed by atoms with Crippen molar-refractivity contribution in [3.05, 3.63) is 0 Å². The van der Waals surface area contributed by atoms with Crippen LogP contribution in [0, 0.1) is 5.92 Å². The first kappa shape index (κ1) is 11.5. The lowest BCUT2D eigenvalue weighted by Crippen LogP contribution is -2.46. The molecule has 1 saturated heterocycles. The molecule has 3 heteroatoms. The summed E-state index contributed by atoms with van der Waals surface area (Å²) in [6, 6.07) is -0.312. The normalized spacial score (nSPS) is 20.7. The van der Waals surface area contributed by atoms with Crippen molar-refractivity contribution < 1.29 is 4.79 Å². The molecule has 1 unspecified atom stereocenters. The highest BCUT2D eigenvalue weighted by Gasteiger charge is 2.23. The molecule has 0 aromatic heterocycles. The summed E-state index contributed by atoms with van der Waals surface area (Å²) < 4.78 is 0. The predicted octanol–water partition coefficient (Wildman–Crippen LogP) is 1.37. The zero-order chi connectivity index (χ0) is 10.6. The lowest BCUT2D eigenvalue weighted by atomic mass is 10.0. The number of carbonyl (C=O) groups is 1. The Kier molecular flexibility index (Phi) is 4.39. The quantitative estimate of drug-likeness (QED) is 0.728. The second kappa shape index (κ2) is 5.35. The van der Waals surface area contributed by atoms with Crippen molar-refractivity contribution in [2.75, 3.05) is 13.1 Å². The van der Waals surface area contributed by atoms with Crippen LogP contribution in [0.5, 0.6) is 0 Å². The molecule has 0 radical (unpaired) electrons. The molecule has 14 heavy (non-hydrogen) atoms. The van der Waals surface area contributed by atoms with Gasteiger partial charge in [-0.2, -0.15) is 0 Å². The van der Waals surface area contributed by atoms with E-state index in [1.165, 1.54) is 12.8 Å². The summed E-state index contributed by atoms with van der Waals surface area (Å²) in [6.45, 7) is 5.80. The van der Waals surface area contributed by atoms with Crippen LogP contribution in [0.2, 0.25) is 0 Å². The van der Waals surface area contributed by atoms with Gasteiger partial charge in [-0.15, -0.1) is 0 Å². The van der Waals surface area contributed by atoms with Gasteiger partial charge in [0.2, 0.25) is 5.91 Å². The van der Waals surface area contributed by atoms with Crippen LogP contribution in [0.25, 0.3) is 0 Å². The SMILES string of the molecule is CC(C)C(N)C(=O)N1CCCCCC1. The van der Waals surface area contributed by atoms with Crippen LogP contribution in [-0.2, 0) is 4.79 Å². The number of hydrogen-bond acceptors (Lipinski definition) is 2. The summed E-state index contributed by atoms with van der Waals surface area (Å²) in [4.78, 5) is 13.8. The van der Waals surface area contributed by atoms with Crippen LogP contribution in [-0.4, -0.2) is 29.9 Å². The van der Waals surface area contributed by atoms with Gasteiger partial charge < -0.3 is 10.6 Å². The van der Waals surface area contributed by atoms with E-state index in [0.717, 1.165) is 25.9 Å². The molecular weight excluding hydrogens is 176 g/mol. The molecule has 0 saturated carbocycles. The molecule has 1 amide bonds. The number of rotatable bonds is 2. The van der Waals surface area contributed by atoms with E-state index in [2.05, 4.69) is 0 Å². The number of likely N-dealkylation sites (tertiary alicyclic amines) is 1. The smallest absolute Gasteiger partial charge is 0.239 e. The molecule has 0 aliphatic carbocycles. The van der Waals surface area contributed by atoms with Crippen molar-refractivity contribution in [1.29, 1.82) is 0 Å². The van der Waals surface area contributed by atoms with Gasteiger partial charge in [0, 0.05) is 13.1 Å². The lowest BCUT2D eigenvalue weighted by Gasteiger charge is -2.25. The molecule has 0 bridgehead atoms. The zero-order valence-electron chi connectivity index (χ0n) is 9.33. The van der Waals surface area contributed by atoms with Crippen LogP contribution in [0.1, 0.15) is 39.5 Å². The fraction of sp³-hybridized carbons (Fsp3) is 0.909. The Labute approximate surface area is 86.6 Å². The Morgan fingerprint density at radius 3 is 2.07 bits per heavy atom. The largest absolute Gasteiger partial charge is 0.341 e. The third kappa shape index (κ3) is 2.98. The molecular formula is C11H22N2O. The van der Waals surface area contributed by atoms with Crippen LogP contribution < -0.4 is 5.73 Å². The average Bonchev–Trinajstić information content (AvgIpc) is 2.43. The van der Waals surface area contributed by atoms with Crippen molar-refractivity contribution in [3.8, 4) is 0 Å². The van der Waals surface area contributed by atoms with E-state index in [0.29, 0.717) is 0 Å². The van der Waals surface area contributed by atoms with Crippen LogP contribution in [0.4, 0.5) is 0 Å². The van der Waals surface area contributed by atoms with Crippen molar-refractivity contribution >= 4 is 5.91 Å². The van der Waals surface area contributed by atoms with Gasteiger partial charge in [0.05, 0.1) is 6.04 Å². The number of nitrogens with two attached hydrogens (primary N) is 1. The first-order valence-electron chi connectivity index (χ1n) is 5.67. The van der Waals surface area contributed by atoms with Gasteiger partial charge in [-0.1, -0.05) is 26.7 Å². The van der Waals surface area contributed by atoms with Gasteiger partial charge in [0.15, 0.2) is 0 Å². The maximum Gasteiger partial charge on any atom is 0.239 e. The Bertz CT molecular complexity index is 184. The summed E-state index contributed by atoms with van der Waals surface area (Å²) in [7, 11) is 0. The highest BCUT2D eigenvalue weighted by molar-refractivity contribution is 5.81. The Hall–Kier alpha value is -0.570. The molecule has 0 aromatic carbocycles. The van der Waals surface area contributed by atoms with Crippen molar-refractivity contribution in [2.45, 2.75) is 45.6 Å². The van der Waals surface area contributed by atoms with Crippen LogP contribution in [0.3, 0.4) is 0 Å². The minimum atomic E-state index is -0.312. The first-order valence-corrected chi connectivity index (χ1v) is 5.67. The highest BCUT2D eigenvalue weighted by atomic mass is 16.2. The van der Waals surface area contributed by atoms with E-state index < -0.39 is 0 Å². The van der Waals surface area contributed by atoms with Gasteiger partial charge in [-0.05, 0) is 18.8 Å². The molecule has 3 nitrogen and oxygen atoms in total. The third-order valence-electron chi connectivity index (χ3n) is 2.92. The summed E-state index contributed by atoms with van der Waals surface area (Å²) in [5.41, 5.74) is 5.85. The maximum atomic E-state index is 11.9. The second-order valence-corrected chi connectivity index (χ2v) is 4.51. The van der Waals surface area contributed by atoms with Crippen molar-refractivity contribution in [1.82, 2.24) is 4.90 Å². The molecule has 1 aliphatic heterocycles. The number of nitrogens with zero attached hydrogens (tertiary/aromatic N) is 1. The minimum Gasteiger partial charge on any atom is -0.341 e. The molecule has 1 rings (SSSR count). The van der Waals surface area contributed by atoms with E-state index in [4.69, 9.17) is 5.73 Å². The summed E-state index contributed by atoms with van der Waals surface area (Å²) in [6.07, 6.45) is 4.77. The second-order valence-electron chi connectivity index (χ2n) is 4.51. The van der Waals surface area contributed by atoms with Crippen LogP contribution >= 0.6 is 0 Å². The molecule has 1 fully saturated rings. The third-order valence-corrected chi connectivity index (χ3v) is 2.92. The molecule has 2 N–H and O–H groups in total. The average molecular weight is 198 g/mol. The van der Waals surface area contributed by atoms with Gasteiger partial charge in [0.1, 0.15) is 0 Å². The van der Waals surface area contributed by atoms with E-state index in [9.17, 15) is 4.79 Å². The molecule has 1 heterocycles. The summed E-state index contributed by atoms with van der Waals surface area (Å²) in [5, 5.41) is 0. The van der Waals surface area contributed by atoms with Gasteiger partial charge in [-0.25, -0.2) is 0 Å². The molecule has 82 valence electrons. The van der Waals surface area contributed by atoms with E-state index >= 15 is 0 Å². The topological polar surface area (TPSA) is 46.3 Å². The van der Waals surface area contributed by atoms with Gasteiger partial charge >= 0.3 is 0 Å². The number of amides is 1. The van der Waals surface area contributed by atoms with E-state index in [1.807, 2.05) is 18.7 Å². The molecule has 0 aromatic rings. The van der Waals surface area contributed by atoms with E-state index in [-0.39, 0.29) is 17.9 Å². The van der Waals surface area contributed by atoms with Gasteiger partial charge in [-0.3, -0.25) is 4.79 Å². The maximum absolute atomic E-state index is 11.9. The molecule has 0 spiro atoms. The Morgan fingerprint density at radius 2 is 1.64 bits per heavy atom. The molecule has 1 aliphatic rings. The Balaban J connectivity index is 2.49. The predicted molar refractivity (Wildman–Crippen MR) is 57.9 cm³/mol. The zero-order valence-corrected chi connectivity index (χ0v) is 9.33. The van der Waals surface area contributed by atoms with Crippen molar-refractivity contribution in [3.63, 3.8) is 0 Å². The number of carbonyl (C=O) groups excluding carboxylic acids is 1. The van der Waals surface area contributed by atoms with Crippen LogP contribution in [0.15, 0.2) is 0 Å².